The molecule has 1 saturated heterocycles. The number of halogens is 2. The van der Waals surface area contributed by atoms with Crippen LogP contribution in [0.25, 0.3) is 0 Å². The molecule has 0 saturated carbocycles. The summed E-state index contributed by atoms with van der Waals surface area (Å²) in [5, 5.41) is 6.16. The van der Waals surface area contributed by atoms with Gasteiger partial charge in [-0.2, -0.15) is 0 Å². The molecule has 13 heteroatoms. The summed E-state index contributed by atoms with van der Waals surface area (Å²) in [4.78, 5) is 47.0. The van der Waals surface area contributed by atoms with E-state index in [1.807, 2.05) is 0 Å². The van der Waals surface area contributed by atoms with E-state index in [1.165, 1.54) is 30.5 Å². The van der Waals surface area contributed by atoms with E-state index >= 15 is 0 Å². The molecule has 39 heavy (non-hydrogen) atoms. The van der Waals surface area contributed by atoms with Gasteiger partial charge in [0.05, 0.1) is 31.1 Å². The van der Waals surface area contributed by atoms with Crippen LogP contribution in [0.1, 0.15) is 18.9 Å². The summed E-state index contributed by atoms with van der Waals surface area (Å²) in [6, 6.07) is 10.0. The topological polar surface area (TPSA) is 132 Å². The van der Waals surface area contributed by atoms with Crippen molar-refractivity contribution >= 4 is 41.1 Å². The molecule has 0 aliphatic carbocycles. The maximum atomic E-state index is 13.4. The van der Waals surface area contributed by atoms with Crippen LogP contribution in [0.3, 0.4) is 0 Å². The van der Waals surface area contributed by atoms with Gasteiger partial charge in [-0.05, 0) is 36.2 Å². The van der Waals surface area contributed by atoms with Crippen LogP contribution in [0.2, 0.25) is 10.0 Å². The normalized spacial score (nSPS) is 16.4. The Morgan fingerprint density at radius 1 is 1.03 bits per heavy atom. The van der Waals surface area contributed by atoms with Crippen molar-refractivity contribution in [3.63, 3.8) is 0 Å². The monoisotopic (exact) mass is 573 g/mol. The quantitative estimate of drug-likeness (QED) is 0.413. The van der Waals surface area contributed by atoms with Gasteiger partial charge in [0.1, 0.15) is 29.1 Å². The number of rotatable bonds is 8. The number of hydrogen-bond acceptors (Lipinski definition) is 8. The molecule has 1 atom stereocenters. The van der Waals surface area contributed by atoms with Gasteiger partial charge in [0.2, 0.25) is 11.8 Å². The first kappa shape index (κ1) is 27.9. The van der Waals surface area contributed by atoms with E-state index in [9.17, 15) is 14.4 Å². The molecule has 204 valence electrons. The Labute approximate surface area is 234 Å². The SMILES string of the molecule is COc1ccc(Oc2ccc(CNC(=O)C3(NC(=O)Oc4cncnc4)CCN(C(C)=O)C3)c(Cl)c2)c(Cl)c1. The highest BCUT2D eigenvalue weighted by molar-refractivity contribution is 6.32. The van der Waals surface area contributed by atoms with Crippen LogP contribution >= 0.6 is 23.2 Å². The van der Waals surface area contributed by atoms with Crippen molar-refractivity contribution in [2.75, 3.05) is 20.2 Å². The smallest absolute Gasteiger partial charge is 0.413 e. The molecule has 0 bridgehead atoms. The van der Waals surface area contributed by atoms with E-state index in [0.717, 1.165) is 0 Å². The molecule has 2 heterocycles. The van der Waals surface area contributed by atoms with E-state index in [-0.39, 0.29) is 37.7 Å². The second-order valence-electron chi connectivity index (χ2n) is 8.70. The summed E-state index contributed by atoms with van der Waals surface area (Å²) < 4.78 is 16.2. The zero-order valence-corrected chi connectivity index (χ0v) is 22.6. The van der Waals surface area contributed by atoms with E-state index in [0.29, 0.717) is 32.9 Å². The van der Waals surface area contributed by atoms with Crippen molar-refractivity contribution in [3.8, 4) is 23.0 Å². The minimum atomic E-state index is -1.40. The Morgan fingerprint density at radius 3 is 2.38 bits per heavy atom. The van der Waals surface area contributed by atoms with Gasteiger partial charge in [-0.1, -0.05) is 29.3 Å². The van der Waals surface area contributed by atoms with Crippen molar-refractivity contribution in [2.24, 2.45) is 0 Å². The van der Waals surface area contributed by atoms with Crippen LogP contribution in [-0.2, 0) is 16.1 Å². The molecule has 1 aliphatic heterocycles. The Bertz CT molecular complexity index is 1380. The summed E-state index contributed by atoms with van der Waals surface area (Å²) in [6.07, 6.45) is 3.24. The van der Waals surface area contributed by atoms with Gasteiger partial charge in [0.25, 0.3) is 0 Å². The number of nitrogens with zero attached hydrogens (tertiary/aromatic N) is 3. The lowest BCUT2D eigenvalue weighted by atomic mass is 9.97. The number of likely N-dealkylation sites (tertiary alicyclic amines) is 1. The highest BCUT2D eigenvalue weighted by atomic mass is 35.5. The predicted octanol–water partition coefficient (Wildman–Crippen LogP) is 3.98. The van der Waals surface area contributed by atoms with E-state index in [4.69, 9.17) is 37.4 Å². The zero-order valence-electron chi connectivity index (χ0n) is 21.1. The number of aromatic nitrogens is 2. The largest absolute Gasteiger partial charge is 0.497 e. The first-order valence-corrected chi connectivity index (χ1v) is 12.5. The Hall–Kier alpha value is -4.09. The molecular formula is C26H25Cl2N5O6. The molecule has 1 unspecified atom stereocenters. The van der Waals surface area contributed by atoms with Crippen LogP contribution in [-0.4, -0.2) is 58.5 Å². The molecule has 0 spiro atoms. The number of carbonyl (C=O) groups is 3. The van der Waals surface area contributed by atoms with Crippen molar-refractivity contribution in [3.05, 3.63) is 70.7 Å². The Kier molecular flexibility index (Phi) is 8.72. The van der Waals surface area contributed by atoms with Crippen LogP contribution in [0.4, 0.5) is 4.79 Å². The molecular weight excluding hydrogens is 549 g/mol. The standard InChI is InChI=1S/C26H25Cl2N5O6/c1-16(34)33-8-7-26(14-33,32-25(36)39-20-12-29-15-30-13-20)24(35)31-11-17-3-4-19(10-21(17)27)38-23-6-5-18(37-2)9-22(23)28/h3-6,9-10,12-13,15H,7-8,11,14H2,1-2H3,(H,31,35)(H,32,36). The fraction of sp³-hybridized carbons (Fsp3) is 0.269. The van der Waals surface area contributed by atoms with Crippen molar-refractivity contribution in [1.29, 1.82) is 0 Å². The van der Waals surface area contributed by atoms with Crippen molar-refractivity contribution < 1.29 is 28.6 Å². The Balaban J connectivity index is 1.43. The van der Waals surface area contributed by atoms with Crippen LogP contribution in [0, 0.1) is 0 Å². The zero-order chi connectivity index (χ0) is 28.0. The third-order valence-electron chi connectivity index (χ3n) is 6.07. The first-order chi connectivity index (χ1) is 18.7. The van der Waals surface area contributed by atoms with E-state index in [2.05, 4.69) is 20.6 Å². The fourth-order valence-corrected chi connectivity index (χ4v) is 4.43. The third kappa shape index (κ3) is 6.87. The van der Waals surface area contributed by atoms with Gasteiger partial charge in [-0.3, -0.25) is 9.59 Å². The Morgan fingerprint density at radius 2 is 1.74 bits per heavy atom. The molecule has 2 N–H and O–H groups in total. The van der Waals surface area contributed by atoms with E-state index < -0.39 is 17.5 Å². The summed E-state index contributed by atoms with van der Waals surface area (Å²) in [6.45, 7) is 1.73. The average Bonchev–Trinajstić information content (AvgIpc) is 3.35. The van der Waals surface area contributed by atoms with Crippen molar-refractivity contribution in [2.45, 2.75) is 25.4 Å². The minimum Gasteiger partial charge on any atom is -0.497 e. The number of benzene rings is 2. The lowest BCUT2D eigenvalue weighted by molar-refractivity contribution is -0.129. The molecule has 4 rings (SSSR count). The van der Waals surface area contributed by atoms with Gasteiger partial charge in [-0.25, -0.2) is 14.8 Å². The molecule has 11 nitrogen and oxygen atoms in total. The number of carbonyl (C=O) groups excluding carboxylic acids is 3. The molecule has 3 aromatic rings. The van der Waals surface area contributed by atoms with Crippen LogP contribution < -0.4 is 24.8 Å². The number of hydrogen-bond donors (Lipinski definition) is 2. The minimum absolute atomic E-state index is 0.0162. The molecule has 3 amide bonds. The molecule has 2 aromatic carbocycles. The number of ether oxygens (including phenoxy) is 3. The van der Waals surface area contributed by atoms with Crippen LogP contribution in [0.5, 0.6) is 23.0 Å². The van der Waals surface area contributed by atoms with Gasteiger partial charge < -0.3 is 29.7 Å². The lowest BCUT2D eigenvalue weighted by Gasteiger charge is -2.28. The predicted molar refractivity (Wildman–Crippen MR) is 142 cm³/mol. The maximum absolute atomic E-state index is 13.4. The maximum Gasteiger partial charge on any atom is 0.413 e. The highest BCUT2D eigenvalue weighted by Crippen LogP contribution is 2.34. The summed E-state index contributed by atoms with van der Waals surface area (Å²) in [5.41, 5.74) is -0.794. The van der Waals surface area contributed by atoms with Gasteiger partial charge in [-0.15, -0.1) is 0 Å². The lowest BCUT2D eigenvalue weighted by Crippen LogP contribution is -2.61. The molecule has 1 aliphatic rings. The number of methoxy groups -OCH3 is 1. The summed E-state index contributed by atoms with van der Waals surface area (Å²) >= 11 is 12.7. The third-order valence-corrected chi connectivity index (χ3v) is 6.72. The average molecular weight is 574 g/mol. The second kappa shape index (κ2) is 12.2. The van der Waals surface area contributed by atoms with Gasteiger partial charge in [0.15, 0.2) is 5.75 Å². The highest BCUT2D eigenvalue weighted by Gasteiger charge is 2.47. The molecule has 0 radical (unpaired) electrons. The first-order valence-electron chi connectivity index (χ1n) is 11.8. The van der Waals surface area contributed by atoms with Crippen LogP contribution in [0.15, 0.2) is 55.1 Å². The summed E-state index contributed by atoms with van der Waals surface area (Å²) in [7, 11) is 1.54. The van der Waals surface area contributed by atoms with Gasteiger partial charge in [0, 0.05) is 31.1 Å². The van der Waals surface area contributed by atoms with E-state index in [1.54, 1.807) is 43.5 Å². The number of amides is 3. The van der Waals surface area contributed by atoms with Crippen molar-refractivity contribution in [1.82, 2.24) is 25.5 Å². The van der Waals surface area contributed by atoms with Gasteiger partial charge >= 0.3 is 6.09 Å². The summed E-state index contributed by atoms with van der Waals surface area (Å²) in [5.74, 6) is 0.867. The second-order valence-corrected chi connectivity index (χ2v) is 9.51. The fourth-order valence-electron chi connectivity index (χ4n) is 3.99. The number of nitrogens with one attached hydrogen (secondary N) is 2. The molecule has 1 fully saturated rings. The molecule has 1 aromatic heterocycles.